The summed E-state index contributed by atoms with van der Waals surface area (Å²) in [5, 5.41) is 0. The van der Waals surface area contributed by atoms with Gasteiger partial charge in [-0.05, 0) is 79.0 Å². The molecule has 2 aliphatic rings. The first-order chi connectivity index (χ1) is 12.1. The van der Waals surface area contributed by atoms with Crippen molar-refractivity contribution in [2.75, 3.05) is 19.1 Å². The molecule has 0 atom stereocenters. The van der Waals surface area contributed by atoms with Gasteiger partial charge in [-0.1, -0.05) is 6.07 Å². The molecule has 0 unspecified atom stereocenters. The molecule has 130 valence electrons. The second-order valence-electron chi connectivity index (χ2n) is 7.12. The molecule has 0 heterocycles. The second-order valence-corrected chi connectivity index (χ2v) is 7.12. The van der Waals surface area contributed by atoms with Gasteiger partial charge in [-0.25, -0.2) is 9.18 Å². The van der Waals surface area contributed by atoms with Crippen molar-refractivity contribution in [2.24, 2.45) is 0 Å². The van der Waals surface area contributed by atoms with Crippen LogP contribution in [0, 0.1) is 5.82 Å². The first-order valence-electron chi connectivity index (χ1n) is 8.83. The van der Waals surface area contributed by atoms with E-state index in [-0.39, 0.29) is 5.56 Å². The molecule has 0 aliphatic heterocycles. The van der Waals surface area contributed by atoms with Gasteiger partial charge in [-0.15, -0.1) is 0 Å². The maximum Gasteiger partial charge on any atom is 0.340 e. The predicted molar refractivity (Wildman–Crippen MR) is 96.2 cm³/mol. The maximum atomic E-state index is 14.3. The van der Waals surface area contributed by atoms with Crippen LogP contribution in [0.3, 0.4) is 0 Å². The molecule has 0 spiro atoms. The SMILES string of the molecule is COC(=O)c1ccc(N(C)c2cc(C3CC3)cc(C3CC3)c2)cc1F. The van der Waals surface area contributed by atoms with Crippen LogP contribution in [0.2, 0.25) is 0 Å². The first kappa shape index (κ1) is 16.1. The minimum atomic E-state index is -0.654. The molecule has 0 saturated heterocycles. The molecule has 2 aromatic carbocycles. The molecular weight excluding hydrogens is 317 g/mol. The molecule has 2 fully saturated rings. The van der Waals surface area contributed by atoms with E-state index in [1.54, 1.807) is 6.07 Å². The van der Waals surface area contributed by atoms with Gasteiger partial charge in [0.2, 0.25) is 0 Å². The quantitative estimate of drug-likeness (QED) is 0.707. The lowest BCUT2D eigenvalue weighted by Gasteiger charge is -2.22. The lowest BCUT2D eigenvalue weighted by molar-refractivity contribution is 0.0595. The molecule has 4 rings (SSSR count). The summed E-state index contributed by atoms with van der Waals surface area (Å²) in [6.07, 6.45) is 5.05. The van der Waals surface area contributed by atoms with Crippen molar-refractivity contribution in [3.05, 3.63) is 58.9 Å². The number of methoxy groups -OCH3 is 1. The van der Waals surface area contributed by atoms with Crippen molar-refractivity contribution in [1.82, 2.24) is 0 Å². The second kappa shape index (κ2) is 6.17. The minimum Gasteiger partial charge on any atom is -0.465 e. The molecule has 2 aromatic rings. The summed E-state index contributed by atoms with van der Waals surface area (Å²) in [4.78, 5) is 13.6. The van der Waals surface area contributed by atoms with Crippen LogP contribution >= 0.6 is 0 Å². The van der Waals surface area contributed by atoms with Gasteiger partial charge in [0.15, 0.2) is 0 Å². The van der Waals surface area contributed by atoms with E-state index in [1.807, 2.05) is 11.9 Å². The third-order valence-electron chi connectivity index (χ3n) is 5.19. The molecule has 0 N–H and O–H groups in total. The number of rotatable bonds is 5. The van der Waals surface area contributed by atoms with Gasteiger partial charge in [0.05, 0.1) is 12.7 Å². The third kappa shape index (κ3) is 3.26. The van der Waals surface area contributed by atoms with E-state index >= 15 is 0 Å². The number of carbonyl (C=O) groups is 1. The Morgan fingerprint density at radius 2 is 1.60 bits per heavy atom. The number of nitrogens with zero attached hydrogens (tertiary/aromatic N) is 1. The zero-order valence-corrected chi connectivity index (χ0v) is 14.6. The summed E-state index contributed by atoms with van der Waals surface area (Å²) in [5.74, 6) is 0.156. The van der Waals surface area contributed by atoms with Crippen LogP contribution in [-0.2, 0) is 4.74 Å². The van der Waals surface area contributed by atoms with Crippen molar-refractivity contribution in [3.63, 3.8) is 0 Å². The predicted octanol–water partition coefficient (Wildman–Crippen LogP) is 5.14. The van der Waals surface area contributed by atoms with Crippen molar-refractivity contribution in [2.45, 2.75) is 37.5 Å². The number of carbonyl (C=O) groups excluding carboxylic acids is 1. The lowest BCUT2D eigenvalue weighted by Crippen LogP contribution is -2.12. The molecule has 2 aliphatic carbocycles. The van der Waals surface area contributed by atoms with Crippen LogP contribution in [-0.4, -0.2) is 20.1 Å². The molecule has 2 saturated carbocycles. The molecule has 0 bridgehead atoms. The van der Waals surface area contributed by atoms with Crippen molar-refractivity contribution in [3.8, 4) is 0 Å². The third-order valence-corrected chi connectivity index (χ3v) is 5.19. The van der Waals surface area contributed by atoms with Gasteiger partial charge in [0, 0.05) is 18.4 Å². The lowest BCUT2D eigenvalue weighted by atomic mass is 10.0. The molecule has 0 aromatic heterocycles. The highest BCUT2D eigenvalue weighted by molar-refractivity contribution is 5.90. The maximum absolute atomic E-state index is 14.3. The molecule has 0 radical (unpaired) electrons. The number of ether oxygens (including phenoxy) is 1. The van der Waals surface area contributed by atoms with Crippen molar-refractivity contribution >= 4 is 17.3 Å². The fourth-order valence-electron chi connectivity index (χ4n) is 3.29. The van der Waals surface area contributed by atoms with E-state index < -0.39 is 11.8 Å². The minimum absolute atomic E-state index is 0.0370. The average molecular weight is 339 g/mol. The van der Waals surface area contributed by atoms with E-state index in [1.165, 1.54) is 56.1 Å². The molecule has 3 nitrogen and oxygen atoms in total. The first-order valence-corrected chi connectivity index (χ1v) is 8.83. The van der Waals surface area contributed by atoms with Crippen molar-refractivity contribution < 1.29 is 13.9 Å². The Morgan fingerprint density at radius 3 is 2.08 bits per heavy atom. The molecular formula is C21H22FNO2. The van der Waals surface area contributed by atoms with Gasteiger partial charge in [0.25, 0.3) is 0 Å². The number of hydrogen-bond acceptors (Lipinski definition) is 3. The highest BCUT2D eigenvalue weighted by atomic mass is 19.1. The summed E-state index contributed by atoms with van der Waals surface area (Å²) in [5.41, 5.74) is 4.57. The number of esters is 1. The topological polar surface area (TPSA) is 29.5 Å². The van der Waals surface area contributed by atoms with Gasteiger partial charge in [-0.3, -0.25) is 0 Å². The number of halogens is 1. The van der Waals surface area contributed by atoms with E-state index in [2.05, 4.69) is 22.9 Å². The smallest absolute Gasteiger partial charge is 0.340 e. The Labute approximate surface area is 147 Å². The van der Waals surface area contributed by atoms with Crippen LogP contribution in [0.4, 0.5) is 15.8 Å². The van der Waals surface area contributed by atoms with Gasteiger partial charge >= 0.3 is 5.97 Å². The molecule has 25 heavy (non-hydrogen) atoms. The highest BCUT2D eigenvalue weighted by Gasteiger charge is 2.29. The van der Waals surface area contributed by atoms with Gasteiger partial charge in [0.1, 0.15) is 5.82 Å². The Bertz CT molecular complexity index is 794. The van der Waals surface area contributed by atoms with Crippen LogP contribution in [0.25, 0.3) is 0 Å². The Kier molecular flexibility index (Phi) is 3.98. The fraction of sp³-hybridized carbons (Fsp3) is 0.381. The molecule has 0 amide bonds. The summed E-state index contributed by atoms with van der Waals surface area (Å²) in [6, 6.07) is 11.4. The summed E-state index contributed by atoms with van der Waals surface area (Å²) in [6.45, 7) is 0. The Morgan fingerprint density at radius 1 is 1.00 bits per heavy atom. The molecule has 4 heteroatoms. The van der Waals surface area contributed by atoms with E-state index in [0.717, 1.165) is 11.4 Å². The van der Waals surface area contributed by atoms with Crippen molar-refractivity contribution in [1.29, 1.82) is 0 Å². The Balaban J connectivity index is 1.67. The number of hydrogen-bond donors (Lipinski definition) is 0. The fourth-order valence-corrected chi connectivity index (χ4v) is 3.29. The summed E-state index contributed by atoms with van der Waals surface area (Å²) >= 11 is 0. The van der Waals surface area contributed by atoms with E-state index in [9.17, 15) is 9.18 Å². The van der Waals surface area contributed by atoms with E-state index in [0.29, 0.717) is 11.8 Å². The largest absolute Gasteiger partial charge is 0.465 e. The average Bonchev–Trinajstić information content (AvgIpc) is 3.51. The van der Waals surface area contributed by atoms with Crippen LogP contribution < -0.4 is 4.90 Å². The summed E-state index contributed by atoms with van der Waals surface area (Å²) in [7, 11) is 3.19. The van der Waals surface area contributed by atoms with Crippen LogP contribution in [0.15, 0.2) is 36.4 Å². The van der Waals surface area contributed by atoms with E-state index in [4.69, 9.17) is 0 Å². The summed E-state index contributed by atoms with van der Waals surface area (Å²) < 4.78 is 18.9. The van der Waals surface area contributed by atoms with Gasteiger partial charge < -0.3 is 9.64 Å². The number of anilines is 2. The highest BCUT2D eigenvalue weighted by Crippen LogP contribution is 2.46. The monoisotopic (exact) mass is 339 g/mol. The zero-order valence-electron chi connectivity index (χ0n) is 14.6. The normalized spacial score (nSPS) is 16.6. The number of benzene rings is 2. The zero-order chi connectivity index (χ0) is 17.6. The van der Waals surface area contributed by atoms with Crippen LogP contribution in [0.5, 0.6) is 0 Å². The standard InChI is InChI=1S/C21H22FNO2/c1-23(17-7-8-19(20(22)12-17)21(24)25-2)18-10-15(13-3-4-13)9-16(11-18)14-5-6-14/h7-14H,3-6H2,1-2H3. The Hall–Kier alpha value is -2.36. The van der Waals surface area contributed by atoms with Crippen LogP contribution in [0.1, 0.15) is 59.0 Å². The van der Waals surface area contributed by atoms with Gasteiger partial charge in [-0.2, -0.15) is 0 Å².